The molecule has 0 amide bonds. The van der Waals surface area contributed by atoms with Crippen molar-refractivity contribution in [2.45, 2.75) is 37.1 Å². The largest absolute Gasteiger partial charge is 0.387 e. The van der Waals surface area contributed by atoms with Gasteiger partial charge in [0.1, 0.15) is 24.4 Å². The van der Waals surface area contributed by atoms with Gasteiger partial charge in [0.2, 0.25) is 0 Å². The molecule has 5 atom stereocenters. The van der Waals surface area contributed by atoms with E-state index in [4.69, 9.17) is 20.4 Å². The highest BCUT2D eigenvalue weighted by Crippen LogP contribution is 2.23. The lowest BCUT2D eigenvalue weighted by atomic mass is 9.99. The van der Waals surface area contributed by atoms with Gasteiger partial charge in [-0.25, -0.2) is 8.78 Å². The van der Waals surface area contributed by atoms with Crippen molar-refractivity contribution < 1.29 is 33.9 Å². The molecule has 0 bridgehead atoms. The van der Waals surface area contributed by atoms with E-state index in [9.17, 15) is 8.78 Å². The van der Waals surface area contributed by atoms with E-state index in [0.717, 1.165) is 0 Å². The first-order valence-electron chi connectivity index (χ1n) is 3.61. The van der Waals surface area contributed by atoms with Crippen molar-refractivity contribution in [3.05, 3.63) is 0 Å². The Hall–Kier alpha value is -0.340. The average molecular weight is 200 g/mol. The van der Waals surface area contributed by atoms with Crippen LogP contribution in [0.3, 0.4) is 0 Å². The highest BCUT2D eigenvalue weighted by Gasteiger charge is 2.46. The first-order chi connectivity index (χ1) is 5.95. The zero-order chi connectivity index (χ0) is 10.2. The molecule has 1 aliphatic rings. The van der Waals surface area contributed by atoms with Crippen LogP contribution in [0.25, 0.3) is 0 Å². The van der Waals surface area contributed by atoms with Crippen molar-refractivity contribution in [1.82, 2.24) is 0 Å². The summed E-state index contributed by atoms with van der Waals surface area (Å²) in [4.78, 5) is 0. The number of hydrogen-bond acceptors (Lipinski definition) is 5. The number of rotatable bonds is 1. The van der Waals surface area contributed by atoms with Crippen molar-refractivity contribution in [2.24, 2.45) is 0 Å². The SMILES string of the molecule is OC1OC(C(F)F)[C@H](O)[C@H](O)C1O. The van der Waals surface area contributed by atoms with Gasteiger partial charge >= 0.3 is 0 Å². The number of halogens is 2. The topological polar surface area (TPSA) is 90.2 Å². The molecule has 4 N–H and O–H groups in total. The predicted molar refractivity (Wildman–Crippen MR) is 34.9 cm³/mol. The quantitative estimate of drug-likeness (QED) is 0.395. The van der Waals surface area contributed by atoms with E-state index in [1.807, 2.05) is 0 Å². The molecule has 1 fully saturated rings. The number of aliphatic hydroxyl groups is 4. The monoisotopic (exact) mass is 200 g/mol. The lowest BCUT2D eigenvalue weighted by Gasteiger charge is -2.37. The van der Waals surface area contributed by atoms with Crippen LogP contribution in [0.5, 0.6) is 0 Å². The average Bonchev–Trinajstić information content (AvgIpc) is 2.07. The van der Waals surface area contributed by atoms with Crippen LogP contribution < -0.4 is 0 Å². The van der Waals surface area contributed by atoms with Crippen LogP contribution in [0.2, 0.25) is 0 Å². The third kappa shape index (κ3) is 1.94. The Bertz CT molecular complexity index is 178. The predicted octanol–water partition coefficient (Wildman–Crippen LogP) is -1.95. The van der Waals surface area contributed by atoms with Crippen LogP contribution in [0.4, 0.5) is 8.78 Å². The number of ether oxygens (including phenoxy) is 1. The summed E-state index contributed by atoms with van der Waals surface area (Å²) in [7, 11) is 0. The lowest BCUT2D eigenvalue weighted by Crippen LogP contribution is -2.59. The maximum absolute atomic E-state index is 12.1. The summed E-state index contributed by atoms with van der Waals surface area (Å²) < 4.78 is 28.3. The third-order valence-electron chi connectivity index (χ3n) is 1.87. The molecule has 0 spiro atoms. The van der Waals surface area contributed by atoms with Gasteiger partial charge in [-0.05, 0) is 0 Å². The minimum absolute atomic E-state index is 1.77. The van der Waals surface area contributed by atoms with Gasteiger partial charge in [-0.1, -0.05) is 0 Å². The Balaban J connectivity index is 2.70. The summed E-state index contributed by atoms with van der Waals surface area (Å²) in [6.45, 7) is 0. The molecule has 13 heavy (non-hydrogen) atoms. The van der Waals surface area contributed by atoms with Gasteiger partial charge < -0.3 is 25.2 Å². The molecule has 0 aromatic rings. The third-order valence-corrected chi connectivity index (χ3v) is 1.87. The Morgan fingerprint density at radius 2 is 1.46 bits per heavy atom. The highest BCUT2D eigenvalue weighted by molar-refractivity contribution is 4.89. The molecule has 1 aliphatic heterocycles. The van der Waals surface area contributed by atoms with E-state index in [1.165, 1.54) is 0 Å². The van der Waals surface area contributed by atoms with E-state index in [0.29, 0.717) is 0 Å². The van der Waals surface area contributed by atoms with Crippen molar-refractivity contribution in [1.29, 1.82) is 0 Å². The molecule has 5 nitrogen and oxygen atoms in total. The fraction of sp³-hybridized carbons (Fsp3) is 1.00. The van der Waals surface area contributed by atoms with Gasteiger partial charge in [-0.2, -0.15) is 0 Å². The summed E-state index contributed by atoms with van der Waals surface area (Å²) >= 11 is 0. The molecule has 3 unspecified atom stereocenters. The minimum atomic E-state index is -3.04. The van der Waals surface area contributed by atoms with Gasteiger partial charge in [0.15, 0.2) is 6.29 Å². The van der Waals surface area contributed by atoms with Crippen molar-refractivity contribution in [3.63, 3.8) is 0 Å². The fourth-order valence-electron chi connectivity index (χ4n) is 1.10. The second-order valence-electron chi connectivity index (χ2n) is 2.80. The molecule has 1 heterocycles. The van der Waals surface area contributed by atoms with Crippen molar-refractivity contribution >= 4 is 0 Å². The fourth-order valence-corrected chi connectivity index (χ4v) is 1.10. The van der Waals surface area contributed by atoms with E-state index in [2.05, 4.69) is 4.74 Å². The number of hydrogen-bond donors (Lipinski definition) is 4. The lowest BCUT2D eigenvalue weighted by molar-refractivity contribution is -0.300. The van der Waals surface area contributed by atoms with Crippen LogP contribution in [-0.4, -0.2) is 57.6 Å². The summed E-state index contributed by atoms with van der Waals surface area (Å²) in [5.41, 5.74) is 0. The van der Waals surface area contributed by atoms with Crippen LogP contribution in [0.1, 0.15) is 0 Å². The summed E-state index contributed by atoms with van der Waals surface area (Å²) in [6.07, 6.45) is -12.4. The molecule has 0 aromatic heterocycles. The Morgan fingerprint density at radius 3 is 1.92 bits per heavy atom. The molecule has 0 radical (unpaired) electrons. The molecular weight excluding hydrogens is 190 g/mol. The number of aliphatic hydroxyl groups excluding tert-OH is 4. The van der Waals surface area contributed by atoms with Gasteiger partial charge in [0, 0.05) is 0 Å². The van der Waals surface area contributed by atoms with E-state index < -0.39 is 37.1 Å². The Morgan fingerprint density at radius 1 is 0.923 bits per heavy atom. The van der Waals surface area contributed by atoms with Gasteiger partial charge in [-0.15, -0.1) is 0 Å². The minimum Gasteiger partial charge on any atom is -0.387 e. The van der Waals surface area contributed by atoms with Crippen molar-refractivity contribution in [2.75, 3.05) is 0 Å². The standard InChI is InChI=1S/C6H10F2O5/c7-5(8)4-2(10)1(9)3(11)6(12)13-4/h1-6,9-12H/t1-,2+,3?,4?,6?/m0/s1. The maximum Gasteiger partial charge on any atom is 0.267 e. The van der Waals surface area contributed by atoms with Gasteiger partial charge in [0.05, 0.1) is 0 Å². The van der Waals surface area contributed by atoms with Crippen LogP contribution in [-0.2, 0) is 4.74 Å². The molecule has 1 rings (SSSR count). The first-order valence-corrected chi connectivity index (χ1v) is 3.61. The van der Waals surface area contributed by atoms with E-state index in [-0.39, 0.29) is 0 Å². The Labute approximate surface area is 72.2 Å². The van der Waals surface area contributed by atoms with Gasteiger partial charge in [-0.3, -0.25) is 0 Å². The molecule has 78 valence electrons. The van der Waals surface area contributed by atoms with E-state index in [1.54, 1.807) is 0 Å². The van der Waals surface area contributed by atoms with Crippen LogP contribution >= 0.6 is 0 Å². The molecule has 0 aliphatic carbocycles. The van der Waals surface area contributed by atoms with Crippen molar-refractivity contribution in [3.8, 4) is 0 Å². The first kappa shape index (κ1) is 10.7. The second-order valence-corrected chi connectivity index (χ2v) is 2.80. The molecular formula is C6H10F2O5. The summed E-state index contributed by atoms with van der Waals surface area (Å²) in [6, 6.07) is 0. The van der Waals surface area contributed by atoms with Crippen LogP contribution in [0.15, 0.2) is 0 Å². The smallest absolute Gasteiger partial charge is 0.267 e. The highest BCUT2D eigenvalue weighted by atomic mass is 19.3. The molecule has 0 aromatic carbocycles. The van der Waals surface area contributed by atoms with E-state index >= 15 is 0 Å². The molecule has 0 saturated carbocycles. The normalized spacial score (nSPS) is 46.8. The molecule has 7 heteroatoms. The van der Waals surface area contributed by atoms with Crippen LogP contribution in [0, 0.1) is 0 Å². The summed E-state index contributed by atoms with van der Waals surface area (Å²) in [5, 5.41) is 35.6. The zero-order valence-corrected chi connectivity index (χ0v) is 6.42. The summed E-state index contributed by atoms with van der Waals surface area (Å²) in [5.74, 6) is 0. The Kier molecular flexibility index (Phi) is 3.14. The number of alkyl halides is 2. The molecule has 1 saturated heterocycles. The second kappa shape index (κ2) is 3.81. The zero-order valence-electron chi connectivity index (χ0n) is 6.42. The van der Waals surface area contributed by atoms with Gasteiger partial charge in [0.25, 0.3) is 6.43 Å². The maximum atomic E-state index is 12.1.